The van der Waals surface area contributed by atoms with Crippen LogP contribution >= 0.6 is 0 Å². The Bertz CT molecular complexity index is 906. The largest absolute Gasteiger partial charge is 0.497 e. The first-order valence-corrected chi connectivity index (χ1v) is 10.9. The first-order valence-electron chi connectivity index (χ1n) is 10.9. The molecule has 2 aromatic carbocycles. The van der Waals surface area contributed by atoms with Gasteiger partial charge in [-0.05, 0) is 49.3 Å². The molecule has 1 atom stereocenters. The van der Waals surface area contributed by atoms with E-state index in [-0.39, 0.29) is 11.9 Å². The number of ether oxygens (including phenoxy) is 3. The second-order valence-corrected chi connectivity index (χ2v) is 7.25. The zero-order valence-corrected chi connectivity index (χ0v) is 19.4. The van der Waals surface area contributed by atoms with Crippen LogP contribution in [0.5, 0.6) is 17.2 Å². The van der Waals surface area contributed by atoms with Crippen molar-refractivity contribution in [2.75, 3.05) is 40.5 Å². The fourth-order valence-electron chi connectivity index (χ4n) is 3.54. The van der Waals surface area contributed by atoms with Crippen molar-refractivity contribution in [1.29, 1.82) is 5.26 Å². The molecule has 1 N–H and O–H groups in total. The molecule has 7 nitrogen and oxygen atoms in total. The number of nitrogens with zero attached hydrogens (tertiary/aromatic N) is 2. The van der Waals surface area contributed by atoms with E-state index >= 15 is 0 Å². The van der Waals surface area contributed by atoms with Crippen molar-refractivity contribution >= 4 is 5.91 Å². The van der Waals surface area contributed by atoms with Gasteiger partial charge >= 0.3 is 0 Å². The predicted molar refractivity (Wildman–Crippen MR) is 124 cm³/mol. The lowest BCUT2D eigenvalue weighted by Gasteiger charge is -2.30. The molecule has 0 aliphatic rings. The van der Waals surface area contributed by atoms with Crippen LogP contribution in [0, 0.1) is 11.3 Å². The van der Waals surface area contributed by atoms with Gasteiger partial charge in [-0.25, -0.2) is 0 Å². The molecule has 0 aromatic heterocycles. The van der Waals surface area contributed by atoms with Gasteiger partial charge in [0.15, 0.2) is 11.5 Å². The summed E-state index contributed by atoms with van der Waals surface area (Å²) in [4.78, 5) is 14.8. The minimum atomic E-state index is -0.0135. The highest BCUT2D eigenvalue weighted by Crippen LogP contribution is 2.28. The zero-order chi connectivity index (χ0) is 23.3. The minimum absolute atomic E-state index is 0.0135. The number of carbonyl (C=O) groups is 1. The molecule has 1 amide bonds. The Kier molecular flexibility index (Phi) is 10.3. The molecule has 0 bridgehead atoms. The SMILES string of the molecule is CCN(CC)C(CNC(=O)CCCOc1ccc(C#N)cc1OC)c1cccc(OC)c1. The van der Waals surface area contributed by atoms with Crippen LogP contribution < -0.4 is 19.5 Å². The maximum Gasteiger partial charge on any atom is 0.220 e. The van der Waals surface area contributed by atoms with Crippen LogP contribution in [0.2, 0.25) is 0 Å². The van der Waals surface area contributed by atoms with E-state index in [1.165, 1.54) is 7.11 Å². The number of hydrogen-bond donors (Lipinski definition) is 1. The Morgan fingerprint density at radius 1 is 1.09 bits per heavy atom. The van der Waals surface area contributed by atoms with E-state index in [0.29, 0.717) is 43.1 Å². The summed E-state index contributed by atoms with van der Waals surface area (Å²) in [7, 11) is 3.19. The average Bonchev–Trinajstić information content (AvgIpc) is 2.84. The Balaban J connectivity index is 1.87. The van der Waals surface area contributed by atoms with Crippen LogP contribution in [0.1, 0.15) is 43.9 Å². The van der Waals surface area contributed by atoms with Crippen LogP contribution in [0.25, 0.3) is 0 Å². The highest BCUT2D eigenvalue weighted by atomic mass is 16.5. The molecule has 0 saturated heterocycles. The summed E-state index contributed by atoms with van der Waals surface area (Å²) in [5.41, 5.74) is 1.62. The second kappa shape index (κ2) is 13.2. The fraction of sp³-hybridized carbons (Fsp3) is 0.440. The number of amides is 1. The number of likely N-dealkylation sites (N-methyl/N-ethyl adjacent to an activating group) is 1. The van der Waals surface area contributed by atoms with Gasteiger partial charge in [-0.3, -0.25) is 9.69 Å². The third-order valence-electron chi connectivity index (χ3n) is 5.32. The monoisotopic (exact) mass is 439 g/mol. The summed E-state index contributed by atoms with van der Waals surface area (Å²) in [6.45, 7) is 6.91. The molecule has 2 aromatic rings. The third kappa shape index (κ3) is 7.17. The lowest BCUT2D eigenvalue weighted by molar-refractivity contribution is -0.121. The van der Waals surface area contributed by atoms with Gasteiger partial charge in [0.2, 0.25) is 5.91 Å². The normalized spacial score (nSPS) is 11.5. The Morgan fingerprint density at radius 3 is 2.53 bits per heavy atom. The van der Waals surface area contributed by atoms with E-state index < -0.39 is 0 Å². The van der Waals surface area contributed by atoms with Gasteiger partial charge < -0.3 is 19.5 Å². The van der Waals surface area contributed by atoms with Gasteiger partial charge in [-0.2, -0.15) is 5.26 Å². The van der Waals surface area contributed by atoms with Crippen molar-refractivity contribution in [3.05, 3.63) is 53.6 Å². The fourth-order valence-corrected chi connectivity index (χ4v) is 3.54. The van der Waals surface area contributed by atoms with Gasteiger partial charge in [-0.15, -0.1) is 0 Å². The molecule has 0 aliphatic carbocycles. The number of nitriles is 1. The highest BCUT2D eigenvalue weighted by molar-refractivity contribution is 5.75. The first kappa shape index (κ1) is 25.0. The molecule has 0 spiro atoms. The van der Waals surface area contributed by atoms with Gasteiger partial charge in [0.05, 0.1) is 38.5 Å². The third-order valence-corrected chi connectivity index (χ3v) is 5.32. The standard InChI is InChI=1S/C25H33N3O4/c1-5-28(6-2)22(20-9-7-10-21(16-20)30-3)18-27-25(29)11-8-14-32-23-13-12-19(17-26)15-24(23)31-4/h7,9-10,12-13,15-16,22H,5-6,8,11,14,18H2,1-4H3,(H,27,29). The Hall–Kier alpha value is -3.24. The van der Waals surface area contributed by atoms with Gasteiger partial charge in [0, 0.05) is 19.0 Å². The molecule has 1 unspecified atom stereocenters. The molecule has 0 fully saturated rings. The average molecular weight is 440 g/mol. The maximum absolute atomic E-state index is 12.4. The molecule has 0 radical (unpaired) electrons. The van der Waals surface area contributed by atoms with Crippen molar-refractivity contribution in [1.82, 2.24) is 10.2 Å². The van der Waals surface area contributed by atoms with Crippen molar-refractivity contribution in [3.8, 4) is 23.3 Å². The molecule has 7 heteroatoms. The van der Waals surface area contributed by atoms with Crippen LogP contribution in [-0.4, -0.2) is 51.3 Å². The van der Waals surface area contributed by atoms with Gasteiger partial charge in [-0.1, -0.05) is 26.0 Å². The van der Waals surface area contributed by atoms with E-state index in [1.54, 1.807) is 25.3 Å². The lowest BCUT2D eigenvalue weighted by atomic mass is 10.0. The van der Waals surface area contributed by atoms with E-state index in [9.17, 15) is 4.79 Å². The molecule has 2 rings (SSSR count). The Labute approximate surface area is 190 Å². The van der Waals surface area contributed by atoms with Crippen LogP contribution in [0.4, 0.5) is 0 Å². The van der Waals surface area contributed by atoms with Crippen molar-refractivity contribution in [2.24, 2.45) is 0 Å². The zero-order valence-electron chi connectivity index (χ0n) is 19.4. The predicted octanol–water partition coefficient (Wildman–Crippen LogP) is 3.93. The Morgan fingerprint density at radius 2 is 1.88 bits per heavy atom. The number of methoxy groups -OCH3 is 2. The molecule has 0 saturated carbocycles. The number of hydrogen-bond acceptors (Lipinski definition) is 6. The summed E-state index contributed by atoms with van der Waals surface area (Å²) in [5.74, 6) is 1.86. The van der Waals surface area contributed by atoms with Crippen molar-refractivity contribution in [3.63, 3.8) is 0 Å². The summed E-state index contributed by atoms with van der Waals surface area (Å²) in [6.07, 6.45) is 0.936. The molecule has 172 valence electrons. The summed E-state index contributed by atoms with van der Waals surface area (Å²) in [6, 6.07) is 15.1. The highest BCUT2D eigenvalue weighted by Gasteiger charge is 2.19. The molecule has 0 aliphatic heterocycles. The lowest BCUT2D eigenvalue weighted by Crippen LogP contribution is -2.38. The van der Waals surface area contributed by atoms with Crippen molar-refractivity contribution in [2.45, 2.75) is 32.7 Å². The number of carbonyl (C=O) groups excluding carboxylic acids is 1. The molecular weight excluding hydrogens is 406 g/mol. The van der Waals surface area contributed by atoms with E-state index in [0.717, 1.165) is 24.4 Å². The molecule has 32 heavy (non-hydrogen) atoms. The minimum Gasteiger partial charge on any atom is -0.497 e. The van der Waals surface area contributed by atoms with Gasteiger partial charge in [0.25, 0.3) is 0 Å². The smallest absolute Gasteiger partial charge is 0.220 e. The van der Waals surface area contributed by atoms with E-state index in [4.69, 9.17) is 19.5 Å². The van der Waals surface area contributed by atoms with Crippen LogP contribution in [0.3, 0.4) is 0 Å². The number of nitrogens with one attached hydrogen (secondary N) is 1. The summed E-state index contributed by atoms with van der Waals surface area (Å²) >= 11 is 0. The van der Waals surface area contributed by atoms with E-state index in [1.807, 2.05) is 18.2 Å². The first-order chi connectivity index (χ1) is 15.6. The molecular formula is C25H33N3O4. The molecule has 0 heterocycles. The van der Waals surface area contributed by atoms with E-state index in [2.05, 4.69) is 36.2 Å². The second-order valence-electron chi connectivity index (χ2n) is 7.25. The summed E-state index contributed by atoms with van der Waals surface area (Å²) < 4.78 is 16.4. The summed E-state index contributed by atoms with van der Waals surface area (Å²) in [5, 5.41) is 12.0. The number of rotatable bonds is 13. The van der Waals surface area contributed by atoms with Crippen molar-refractivity contribution < 1.29 is 19.0 Å². The quantitative estimate of drug-likeness (QED) is 0.476. The number of benzene rings is 2. The van der Waals surface area contributed by atoms with Gasteiger partial charge in [0.1, 0.15) is 5.75 Å². The van der Waals surface area contributed by atoms with Crippen LogP contribution in [-0.2, 0) is 4.79 Å². The van der Waals surface area contributed by atoms with Crippen LogP contribution in [0.15, 0.2) is 42.5 Å². The topological polar surface area (TPSA) is 83.8 Å². The maximum atomic E-state index is 12.4.